The maximum absolute atomic E-state index is 11.3. The Bertz CT molecular complexity index is 863. The van der Waals surface area contributed by atoms with E-state index in [1.807, 2.05) is 18.2 Å². The zero-order valence-corrected chi connectivity index (χ0v) is 12.4. The lowest BCUT2D eigenvalue weighted by atomic mass is 10.1. The van der Waals surface area contributed by atoms with Crippen LogP contribution < -0.4 is 4.74 Å². The molecular formula is C16H11ClN2O3. The molecule has 3 rings (SSSR count). The van der Waals surface area contributed by atoms with Gasteiger partial charge in [-0.1, -0.05) is 29.8 Å². The standard InChI is InChI=1S/C16H11ClN2O3/c1-22-13-8-11-4-7-14(10-2-5-12(17)6-3-10)18-16(11)15(9-13)19(20)21/h2-9H,1H3. The number of non-ortho nitro benzene ring substituents is 1. The van der Waals surface area contributed by atoms with Crippen LogP contribution in [0.25, 0.3) is 22.2 Å². The van der Waals surface area contributed by atoms with E-state index in [9.17, 15) is 10.1 Å². The summed E-state index contributed by atoms with van der Waals surface area (Å²) in [4.78, 5) is 15.2. The minimum atomic E-state index is -0.455. The first-order valence-electron chi connectivity index (χ1n) is 6.47. The molecule has 1 heterocycles. The Morgan fingerprint density at radius 1 is 1.14 bits per heavy atom. The van der Waals surface area contributed by atoms with Gasteiger partial charge in [0.1, 0.15) is 11.3 Å². The van der Waals surface area contributed by atoms with E-state index in [1.165, 1.54) is 13.2 Å². The highest BCUT2D eigenvalue weighted by molar-refractivity contribution is 6.30. The molecule has 0 aliphatic carbocycles. The van der Waals surface area contributed by atoms with E-state index < -0.39 is 4.92 Å². The summed E-state index contributed by atoms with van der Waals surface area (Å²) in [5, 5.41) is 12.5. The minimum absolute atomic E-state index is 0.0786. The fraction of sp³-hybridized carbons (Fsp3) is 0.0625. The van der Waals surface area contributed by atoms with Crippen LogP contribution in [0.3, 0.4) is 0 Å². The van der Waals surface area contributed by atoms with Crippen LogP contribution in [0.15, 0.2) is 48.5 Å². The summed E-state index contributed by atoms with van der Waals surface area (Å²) in [6, 6.07) is 13.9. The Labute approximate surface area is 131 Å². The smallest absolute Gasteiger partial charge is 0.299 e. The molecule has 0 aliphatic rings. The quantitative estimate of drug-likeness (QED) is 0.528. The van der Waals surface area contributed by atoms with Crippen LogP contribution in [-0.4, -0.2) is 17.0 Å². The van der Waals surface area contributed by atoms with Crippen molar-refractivity contribution in [3.63, 3.8) is 0 Å². The first kappa shape index (κ1) is 14.3. The average molecular weight is 315 g/mol. The maximum atomic E-state index is 11.3. The Morgan fingerprint density at radius 2 is 1.86 bits per heavy atom. The monoisotopic (exact) mass is 314 g/mol. The van der Waals surface area contributed by atoms with E-state index in [2.05, 4.69) is 4.98 Å². The fourth-order valence-electron chi connectivity index (χ4n) is 2.23. The molecule has 0 atom stereocenters. The third kappa shape index (κ3) is 2.58. The Kier molecular flexibility index (Phi) is 3.65. The van der Waals surface area contributed by atoms with Crippen molar-refractivity contribution in [3.05, 3.63) is 63.7 Å². The molecule has 0 saturated heterocycles. The topological polar surface area (TPSA) is 65.3 Å². The molecule has 0 radical (unpaired) electrons. The fourth-order valence-corrected chi connectivity index (χ4v) is 2.35. The minimum Gasteiger partial charge on any atom is -0.496 e. The van der Waals surface area contributed by atoms with Crippen molar-refractivity contribution in [2.75, 3.05) is 7.11 Å². The van der Waals surface area contributed by atoms with Crippen LogP contribution in [0.4, 0.5) is 5.69 Å². The highest BCUT2D eigenvalue weighted by atomic mass is 35.5. The number of methoxy groups -OCH3 is 1. The second kappa shape index (κ2) is 5.61. The number of nitro groups is 1. The van der Waals surface area contributed by atoms with Crippen LogP contribution in [0.2, 0.25) is 5.02 Å². The van der Waals surface area contributed by atoms with Crippen molar-refractivity contribution in [1.82, 2.24) is 4.98 Å². The molecule has 0 N–H and O–H groups in total. The summed E-state index contributed by atoms with van der Waals surface area (Å²) in [6.07, 6.45) is 0. The van der Waals surface area contributed by atoms with E-state index in [-0.39, 0.29) is 5.69 Å². The number of fused-ring (bicyclic) bond motifs is 1. The van der Waals surface area contributed by atoms with Crippen molar-refractivity contribution < 1.29 is 9.66 Å². The number of aromatic nitrogens is 1. The number of halogens is 1. The number of ether oxygens (including phenoxy) is 1. The molecule has 22 heavy (non-hydrogen) atoms. The summed E-state index contributed by atoms with van der Waals surface area (Å²) in [6.45, 7) is 0. The summed E-state index contributed by atoms with van der Waals surface area (Å²) in [5.74, 6) is 0.431. The summed E-state index contributed by atoms with van der Waals surface area (Å²) in [7, 11) is 1.47. The van der Waals surface area contributed by atoms with Gasteiger partial charge in [-0.15, -0.1) is 0 Å². The third-order valence-corrected chi connectivity index (χ3v) is 3.57. The van der Waals surface area contributed by atoms with Gasteiger partial charge in [0, 0.05) is 16.0 Å². The van der Waals surface area contributed by atoms with Gasteiger partial charge in [0.2, 0.25) is 0 Å². The van der Waals surface area contributed by atoms with E-state index in [0.29, 0.717) is 27.4 Å². The number of hydrogen-bond donors (Lipinski definition) is 0. The predicted octanol–water partition coefficient (Wildman–Crippen LogP) is 4.47. The molecule has 6 heteroatoms. The first-order valence-corrected chi connectivity index (χ1v) is 6.85. The molecule has 0 aliphatic heterocycles. The van der Waals surface area contributed by atoms with E-state index in [0.717, 1.165) is 5.56 Å². The normalized spacial score (nSPS) is 10.6. The van der Waals surface area contributed by atoms with Gasteiger partial charge in [-0.2, -0.15) is 0 Å². The van der Waals surface area contributed by atoms with Gasteiger partial charge < -0.3 is 4.74 Å². The average Bonchev–Trinajstić information content (AvgIpc) is 2.53. The summed E-state index contributed by atoms with van der Waals surface area (Å²) in [5.41, 5.74) is 1.75. The molecule has 1 aromatic heterocycles. The number of nitrogens with zero attached hydrogens (tertiary/aromatic N) is 2. The van der Waals surface area contributed by atoms with Crippen molar-refractivity contribution in [2.24, 2.45) is 0 Å². The second-order valence-corrected chi connectivity index (χ2v) is 5.12. The van der Waals surface area contributed by atoms with Crippen LogP contribution in [0, 0.1) is 10.1 Å². The number of hydrogen-bond acceptors (Lipinski definition) is 4. The highest BCUT2D eigenvalue weighted by Gasteiger charge is 2.16. The molecule has 0 bridgehead atoms. The first-order chi connectivity index (χ1) is 10.6. The lowest BCUT2D eigenvalue weighted by molar-refractivity contribution is -0.383. The highest BCUT2D eigenvalue weighted by Crippen LogP contribution is 2.31. The van der Waals surface area contributed by atoms with Gasteiger partial charge in [-0.3, -0.25) is 10.1 Å². The summed E-state index contributed by atoms with van der Waals surface area (Å²) >= 11 is 5.87. The van der Waals surface area contributed by atoms with Crippen molar-refractivity contribution in [3.8, 4) is 17.0 Å². The van der Waals surface area contributed by atoms with Gasteiger partial charge in [-0.05, 0) is 24.3 Å². The van der Waals surface area contributed by atoms with Crippen molar-refractivity contribution >= 4 is 28.2 Å². The SMILES string of the molecule is COc1cc([N+](=O)[O-])c2nc(-c3ccc(Cl)cc3)ccc2c1. The molecule has 0 spiro atoms. The molecule has 0 saturated carbocycles. The molecule has 110 valence electrons. The van der Waals surface area contributed by atoms with Gasteiger partial charge in [0.15, 0.2) is 0 Å². The van der Waals surface area contributed by atoms with E-state index >= 15 is 0 Å². The molecule has 0 unspecified atom stereocenters. The molecule has 5 nitrogen and oxygen atoms in total. The van der Waals surface area contributed by atoms with Crippen molar-refractivity contribution in [2.45, 2.75) is 0 Å². The van der Waals surface area contributed by atoms with Crippen LogP contribution >= 0.6 is 11.6 Å². The predicted molar refractivity (Wildman–Crippen MR) is 85.4 cm³/mol. The van der Waals surface area contributed by atoms with Gasteiger partial charge in [0.25, 0.3) is 5.69 Å². The third-order valence-electron chi connectivity index (χ3n) is 3.32. The molecule has 2 aromatic carbocycles. The Hall–Kier alpha value is -2.66. The van der Waals surface area contributed by atoms with Gasteiger partial charge in [-0.25, -0.2) is 4.98 Å². The number of benzene rings is 2. The largest absolute Gasteiger partial charge is 0.496 e. The lowest BCUT2D eigenvalue weighted by Gasteiger charge is -2.06. The zero-order valence-electron chi connectivity index (χ0n) is 11.6. The molecule has 0 amide bonds. The van der Waals surface area contributed by atoms with Crippen LogP contribution in [0.1, 0.15) is 0 Å². The van der Waals surface area contributed by atoms with E-state index in [1.54, 1.807) is 24.3 Å². The second-order valence-electron chi connectivity index (χ2n) is 4.68. The Morgan fingerprint density at radius 3 is 2.50 bits per heavy atom. The van der Waals surface area contributed by atoms with Crippen LogP contribution in [-0.2, 0) is 0 Å². The zero-order chi connectivity index (χ0) is 15.7. The number of nitro benzene ring substituents is 1. The van der Waals surface area contributed by atoms with Crippen LogP contribution in [0.5, 0.6) is 5.75 Å². The number of pyridine rings is 1. The molecular weight excluding hydrogens is 304 g/mol. The van der Waals surface area contributed by atoms with Gasteiger partial charge >= 0.3 is 0 Å². The van der Waals surface area contributed by atoms with E-state index in [4.69, 9.17) is 16.3 Å². The van der Waals surface area contributed by atoms with Crippen molar-refractivity contribution in [1.29, 1.82) is 0 Å². The molecule has 3 aromatic rings. The van der Waals surface area contributed by atoms with Gasteiger partial charge in [0.05, 0.1) is 23.8 Å². The summed E-state index contributed by atoms with van der Waals surface area (Å²) < 4.78 is 5.09. The Balaban J connectivity index is 2.22. The maximum Gasteiger partial charge on any atom is 0.299 e. The number of rotatable bonds is 3. The lowest BCUT2D eigenvalue weighted by Crippen LogP contribution is -1.95. The molecule has 0 fully saturated rings.